The van der Waals surface area contributed by atoms with E-state index in [1.807, 2.05) is 12.1 Å². The van der Waals surface area contributed by atoms with Crippen LogP contribution in [0.3, 0.4) is 0 Å². The molecule has 3 nitrogen and oxygen atoms in total. The van der Waals surface area contributed by atoms with Crippen LogP contribution in [0.1, 0.15) is 12.0 Å². The Morgan fingerprint density at radius 2 is 1.94 bits per heavy atom. The lowest BCUT2D eigenvalue weighted by molar-refractivity contribution is 0.311. The number of nitrogens with zero attached hydrogens (tertiary/aromatic N) is 1. The van der Waals surface area contributed by atoms with Gasteiger partial charge in [-0.15, -0.1) is 0 Å². The minimum absolute atomic E-state index is 0.0708. The van der Waals surface area contributed by atoms with Gasteiger partial charge in [-0.1, -0.05) is 6.07 Å². The first-order valence-electron chi connectivity index (χ1n) is 5.83. The maximum Gasteiger partial charge on any atom is 0.149 e. The number of aryl methyl sites for hydroxylation is 1. The summed E-state index contributed by atoms with van der Waals surface area (Å²) < 4.78 is 18.6. The van der Waals surface area contributed by atoms with Gasteiger partial charge in [0.15, 0.2) is 0 Å². The normalized spacial score (nSPS) is 10.3. The van der Waals surface area contributed by atoms with Gasteiger partial charge in [-0.25, -0.2) is 4.39 Å². The summed E-state index contributed by atoms with van der Waals surface area (Å²) in [4.78, 5) is 3.95. The second-order valence-corrected chi connectivity index (χ2v) is 3.96. The summed E-state index contributed by atoms with van der Waals surface area (Å²) in [5, 5.41) is 0. The first-order valence-corrected chi connectivity index (χ1v) is 5.83. The average Bonchev–Trinajstić information content (AvgIpc) is 2.40. The number of hydrogen-bond acceptors (Lipinski definition) is 3. The molecule has 1 aromatic carbocycles. The zero-order valence-corrected chi connectivity index (χ0v) is 9.97. The highest BCUT2D eigenvalue weighted by Gasteiger charge is 2.04. The minimum atomic E-state index is -0.443. The molecular formula is C14H15FN2O. The van der Waals surface area contributed by atoms with Crippen LogP contribution in [-0.4, -0.2) is 11.6 Å². The quantitative estimate of drug-likeness (QED) is 0.652. The molecule has 0 aliphatic rings. The van der Waals surface area contributed by atoms with Crippen molar-refractivity contribution in [3.8, 4) is 5.75 Å². The van der Waals surface area contributed by atoms with Gasteiger partial charge in [-0.2, -0.15) is 0 Å². The number of halogens is 1. The van der Waals surface area contributed by atoms with Gasteiger partial charge in [0.25, 0.3) is 0 Å². The fourth-order valence-corrected chi connectivity index (χ4v) is 1.65. The molecule has 0 saturated carbocycles. The maximum absolute atomic E-state index is 13.1. The summed E-state index contributed by atoms with van der Waals surface area (Å²) in [5.41, 5.74) is 6.85. The number of hydrogen-bond donors (Lipinski definition) is 1. The van der Waals surface area contributed by atoms with Crippen molar-refractivity contribution in [1.82, 2.24) is 4.98 Å². The molecule has 0 spiro atoms. The van der Waals surface area contributed by atoms with Crippen LogP contribution in [0.4, 0.5) is 10.1 Å². The zero-order valence-electron chi connectivity index (χ0n) is 9.97. The van der Waals surface area contributed by atoms with Gasteiger partial charge in [-0.3, -0.25) is 4.98 Å². The van der Waals surface area contributed by atoms with Crippen molar-refractivity contribution in [3.05, 3.63) is 54.1 Å². The van der Waals surface area contributed by atoms with Gasteiger partial charge in [0.1, 0.15) is 17.3 Å². The lowest BCUT2D eigenvalue weighted by Gasteiger charge is -2.09. The molecule has 4 heteroatoms. The maximum atomic E-state index is 13.1. The Bertz CT molecular complexity index is 502. The molecule has 0 atom stereocenters. The molecular weight excluding hydrogens is 231 g/mol. The first kappa shape index (κ1) is 12.4. The summed E-state index contributed by atoms with van der Waals surface area (Å²) in [6, 6.07) is 8.51. The first-order chi connectivity index (χ1) is 8.77. The second-order valence-electron chi connectivity index (χ2n) is 3.96. The van der Waals surface area contributed by atoms with Crippen LogP contribution in [0, 0.1) is 5.82 Å². The number of ether oxygens (including phenoxy) is 1. The third-order valence-corrected chi connectivity index (χ3v) is 2.63. The summed E-state index contributed by atoms with van der Waals surface area (Å²) in [6.07, 6.45) is 5.28. The molecule has 0 radical (unpaired) electrons. The molecule has 1 aromatic heterocycles. The largest absolute Gasteiger partial charge is 0.491 e. The molecule has 94 valence electrons. The van der Waals surface area contributed by atoms with Crippen molar-refractivity contribution in [2.75, 3.05) is 12.3 Å². The lowest BCUT2D eigenvalue weighted by atomic mass is 10.1. The molecule has 0 amide bonds. The molecule has 0 aliphatic carbocycles. The number of benzene rings is 1. The summed E-state index contributed by atoms with van der Waals surface area (Å²) in [5.74, 6) is -0.0358. The highest BCUT2D eigenvalue weighted by molar-refractivity contribution is 5.53. The van der Waals surface area contributed by atoms with E-state index in [0.29, 0.717) is 12.4 Å². The van der Waals surface area contributed by atoms with E-state index in [4.69, 9.17) is 10.5 Å². The molecule has 2 rings (SSSR count). The Labute approximate surface area is 105 Å². The number of nitrogens with two attached hydrogens (primary N) is 1. The van der Waals surface area contributed by atoms with E-state index in [9.17, 15) is 4.39 Å². The fraction of sp³-hybridized carbons (Fsp3) is 0.214. The van der Waals surface area contributed by atoms with E-state index in [1.165, 1.54) is 11.6 Å². The monoisotopic (exact) mass is 246 g/mol. The van der Waals surface area contributed by atoms with Gasteiger partial charge >= 0.3 is 0 Å². The van der Waals surface area contributed by atoms with E-state index >= 15 is 0 Å². The van der Waals surface area contributed by atoms with Crippen LogP contribution in [0.5, 0.6) is 5.75 Å². The van der Waals surface area contributed by atoms with Gasteiger partial charge in [0, 0.05) is 12.4 Å². The van der Waals surface area contributed by atoms with Crippen LogP contribution in [-0.2, 0) is 6.42 Å². The Hall–Kier alpha value is -2.10. The molecule has 18 heavy (non-hydrogen) atoms. The van der Waals surface area contributed by atoms with Crippen LogP contribution in [0.15, 0.2) is 42.7 Å². The van der Waals surface area contributed by atoms with Crippen molar-refractivity contribution >= 4 is 5.69 Å². The van der Waals surface area contributed by atoms with Gasteiger partial charge in [0.05, 0.1) is 6.61 Å². The van der Waals surface area contributed by atoms with Crippen LogP contribution < -0.4 is 10.5 Å². The molecule has 0 bridgehead atoms. The Morgan fingerprint density at radius 1 is 1.17 bits per heavy atom. The Morgan fingerprint density at radius 3 is 2.72 bits per heavy atom. The average molecular weight is 246 g/mol. The molecule has 0 unspecified atom stereocenters. The lowest BCUT2D eigenvalue weighted by Crippen LogP contribution is -2.03. The number of anilines is 1. The molecule has 2 aromatic rings. The van der Waals surface area contributed by atoms with E-state index in [-0.39, 0.29) is 5.69 Å². The highest BCUT2D eigenvalue weighted by Crippen LogP contribution is 2.23. The number of nitrogen functional groups attached to an aromatic ring is 1. The van der Waals surface area contributed by atoms with Crippen LogP contribution in [0.2, 0.25) is 0 Å². The van der Waals surface area contributed by atoms with Crippen molar-refractivity contribution in [2.45, 2.75) is 12.8 Å². The van der Waals surface area contributed by atoms with Crippen LogP contribution in [0.25, 0.3) is 0 Å². The van der Waals surface area contributed by atoms with E-state index in [1.54, 1.807) is 24.5 Å². The van der Waals surface area contributed by atoms with E-state index < -0.39 is 5.82 Å². The third kappa shape index (κ3) is 3.20. The molecule has 0 aliphatic heterocycles. The number of aromatic nitrogens is 1. The fourth-order valence-electron chi connectivity index (χ4n) is 1.65. The number of pyridine rings is 1. The zero-order chi connectivity index (χ0) is 12.8. The standard InChI is InChI=1S/C14H15FN2O/c15-12-4-1-5-13(14(12)16)18-10-2-3-11-6-8-17-9-7-11/h1,4-9H,2-3,10,16H2. The van der Waals surface area contributed by atoms with Crippen LogP contribution >= 0.6 is 0 Å². The minimum Gasteiger partial charge on any atom is -0.491 e. The Balaban J connectivity index is 1.81. The smallest absolute Gasteiger partial charge is 0.149 e. The summed E-state index contributed by atoms with van der Waals surface area (Å²) in [6.45, 7) is 0.510. The van der Waals surface area contributed by atoms with E-state index in [0.717, 1.165) is 12.8 Å². The Kier molecular flexibility index (Phi) is 4.12. The second kappa shape index (κ2) is 6.00. The SMILES string of the molecule is Nc1c(F)cccc1OCCCc1ccncc1. The molecule has 0 saturated heterocycles. The number of para-hydroxylation sites is 1. The molecule has 1 heterocycles. The summed E-state index contributed by atoms with van der Waals surface area (Å²) >= 11 is 0. The predicted molar refractivity (Wildman–Crippen MR) is 68.9 cm³/mol. The predicted octanol–water partition coefficient (Wildman–Crippen LogP) is 2.81. The van der Waals surface area contributed by atoms with Crippen molar-refractivity contribution < 1.29 is 9.13 Å². The van der Waals surface area contributed by atoms with Gasteiger partial charge in [0.2, 0.25) is 0 Å². The van der Waals surface area contributed by atoms with Gasteiger partial charge < -0.3 is 10.5 Å². The van der Waals surface area contributed by atoms with Crippen molar-refractivity contribution in [1.29, 1.82) is 0 Å². The number of rotatable bonds is 5. The highest BCUT2D eigenvalue weighted by atomic mass is 19.1. The van der Waals surface area contributed by atoms with E-state index in [2.05, 4.69) is 4.98 Å². The van der Waals surface area contributed by atoms with Gasteiger partial charge in [-0.05, 0) is 42.7 Å². The van der Waals surface area contributed by atoms with Crippen molar-refractivity contribution in [3.63, 3.8) is 0 Å². The molecule has 2 N–H and O–H groups in total. The topological polar surface area (TPSA) is 48.1 Å². The molecule has 0 fully saturated rings. The third-order valence-electron chi connectivity index (χ3n) is 2.63. The van der Waals surface area contributed by atoms with Crippen molar-refractivity contribution in [2.24, 2.45) is 0 Å². The summed E-state index contributed by atoms with van der Waals surface area (Å²) in [7, 11) is 0.